The van der Waals surface area contributed by atoms with Gasteiger partial charge in [0.15, 0.2) is 0 Å². The summed E-state index contributed by atoms with van der Waals surface area (Å²) in [4.78, 5) is 11.8. The van der Waals surface area contributed by atoms with Gasteiger partial charge in [-0.3, -0.25) is 4.79 Å². The number of anilines is 1. The first-order valence-corrected chi connectivity index (χ1v) is 6.30. The van der Waals surface area contributed by atoms with Crippen LogP contribution in [0.2, 0.25) is 0 Å². The van der Waals surface area contributed by atoms with Gasteiger partial charge in [0.1, 0.15) is 0 Å². The highest BCUT2D eigenvalue weighted by Gasteiger charge is 2.30. The van der Waals surface area contributed by atoms with Gasteiger partial charge in [0.2, 0.25) is 5.91 Å². The standard InChI is InChI=1S/C14H20N2O2/c1-4-9-5-10-8(2)14(17)16-13(10)11(6-9)12(15)7-18-3/h5-6,8,12H,4,7,15H2,1-3H3,(H,16,17). The monoisotopic (exact) mass is 248 g/mol. The van der Waals surface area contributed by atoms with Crippen LogP contribution in [0.1, 0.15) is 42.5 Å². The van der Waals surface area contributed by atoms with E-state index < -0.39 is 0 Å². The summed E-state index contributed by atoms with van der Waals surface area (Å²) in [5.41, 5.74) is 10.2. The van der Waals surface area contributed by atoms with Gasteiger partial charge in [-0.2, -0.15) is 0 Å². The SMILES string of the molecule is CCc1cc(C(N)COC)c2c(c1)C(C)C(=O)N2. The Kier molecular flexibility index (Phi) is 3.68. The maximum Gasteiger partial charge on any atom is 0.231 e. The number of fused-ring (bicyclic) bond motifs is 1. The molecule has 0 saturated carbocycles. The summed E-state index contributed by atoms with van der Waals surface area (Å²) in [6, 6.07) is 3.96. The number of ether oxygens (including phenoxy) is 1. The number of benzene rings is 1. The molecule has 1 aromatic carbocycles. The summed E-state index contributed by atoms with van der Waals surface area (Å²) in [5.74, 6) is -0.0517. The van der Waals surface area contributed by atoms with Crippen molar-refractivity contribution in [1.82, 2.24) is 0 Å². The molecule has 0 radical (unpaired) electrons. The average Bonchev–Trinajstić information content (AvgIpc) is 2.65. The number of nitrogens with one attached hydrogen (secondary N) is 1. The van der Waals surface area contributed by atoms with E-state index in [4.69, 9.17) is 10.5 Å². The van der Waals surface area contributed by atoms with Crippen molar-refractivity contribution >= 4 is 11.6 Å². The Morgan fingerprint density at radius 1 is 1.50 bits per heavy atom. The van der Waals surface area contributed by atoms with Gasteiger partial charge in [0.05, 0.1) is 18.6 Å². The van der Waals surface area contributed by atoms with E-state index >= 15 is 0 Å². The van der Waals surface area contributed by atoms with Gasteiger partial charge in [-0.25, -0.2) is 0 Å². The summed E-state index contributed by atoms with van der Waals surface area (Å²) in [7, 11) is 1.63. The Balaban J connectivity index is 2.50. The highest BCUT2D eigenvalue weighted by Crippen LogP contribution is 2.38. The predicted octanol–water partition coefficient (Wildman–Crippen LogP) is 1.95. The van der Waals surface area contributed by atoms with Crippen LogP contribution < -0.4 is 11.1 Å². The highest BCUT2D eigenvalue weighted by atomic mass is 16.5. The molecular formula is C14H20N2O2. The van der Waals surface area contributed by atoms with Gasteiger partial charge in [0.25, 0.3) is 0 Å². The molecular weight excluding hydrogens is 228 g/mol. The van der Waals surface area contributed by atoms with E-state index in [0.29, 0.717) is 6.61 Å². The van der Waals surface area contributed by atoms with E-state index in [1.165, 1.54) is 5.56 Å². The number of aryl methyl sites for hydroxylation is 1. The van der Waals surface area contributed by atoms with Crippen LogP contribution in [0.3, 0.4) is 0 Å². The molecule has 0 aliphatic carbocycles. The Morgan fingerprint density at radius 2 is 2.22 bits per heavy atom. The van der Waals surface area contributed by atoms with Crippen LogP contribution in [-0.2, 0) is 16.0 Å². The second-order valence-electron chi connectivity index (χ2n) is 4.78. The highest BCUT2D eigenvalue weighted by molar-refractivity contribution is 6.03. The lowest BCUT2D eigenvalue weighted by molar-refractivity contribution is -0.116. The molecule has 2 rings (SSSR count). The number of carbonyl (C=O) groups excluding carboxylic acids is 1. The fourth-order valence-corrected chi connectivity index (χ4v) is 2.38. The molecule has 3 N–H and O–H groups in total. The molecule has 1 amide bonds. The third-order valence-corrected chi connectivity index (χ3v) is 3.52. The fraction of sp³-hybridized carbons (Fsp3) is 0.500. The first-order valence-electron chi connectivity index (χ1n) is 6.30. The van der Waals surface area contributed by atoms with Crippen LogP contribution in [0.4, 0.5) is 5.69 Å². The van der Waals surface area contributed by atoms with Crippen LogP contribution in [0.5, 0.6) is 0 Å². The van der Waals surface area contributed by atoms with E-state index in [1.807, 2.05) is 6.92 Å². The van der Waals surface area contributed by atoms with E-state index in [1.54, 1.807) is 7.11 Å². The van der Waals surface area contributed by atoms with Gasteiger partial charge in [-0.15, -0.1) is 0 Å². The number of methoxy groups -OCH3 is 1. The van der Waals surface area contributed by atoms with E-state index in [2.05, 4.69) is 24.4 Å². The van der Waals surface area contributed by atoms with Gasteiger partial charge < -0.3 is 15.8 Å². The third-order valence-electron chi connectivity index (χ3n) is 3.52. The third kappa shape index (κ3) is 2.13. The van der Waals surface area contributed by atoms with Gasteiger partial charge in [-0.1, -0.05) is 19.1 Å². The first-order chi connectivity index (χ1) is 8.58. The largest absolute Gasteiger partial charge is 0.383 e. The van der Waals surface area contributed by atoms with Crippen molar-refractivity contribution in [3.8, 4) is 0 Å². The van der Waals surface area contributed by atoms with Gasteiger partial charge >= 0.3 is 0 Å². The Labute approximate surface area is 108 Å². The fourth-order valence-electron chi connectivity index (χ4n) is 2.38. The maximum atomic E-state index is 11.8. The Bertz CT molecular complexity index is 471. The van der Waals surface area contributed by atoms with Crippen LogP contribution in [-0.4, -0.2) is 19.6 Å². The molecule has 0 spiro atoms. The van der Waals surface area contributed by atoms with E-state index in [-0.39, 0.29) is 17.9 Å². The van der Waals surface area contributed by atoms with E-state index in [0.717, 1.165) is 23.2 Å². The number of carbonyl (C=O) groups is 1. The van der Waals surface area contributed by atoms with Crippen molar-refractivity contribution in [2.45, 2.75) is 32.2 Å². The molecule has 0 saturated heterocycles. The Morgan fingerprint density at radius 3 is 2.83 bits per heavy atom. The minimum atomic E-state index is -0.208. The zero-order valence-electron chi connectivity index (χ0n) is 11.1. The van der Waals surface area contributed by atoms with E-state index in [9.17, 15) is 4.79 Å². The minimum absolute atomic E-state index is 0.0455. The van der Waals surface area contributed by atoms with Crippen LogP contribution in [0, 0.1) is 0 Å². The number of amides is 1. The maximum absolute atomic E-state index is 11.8. The van der Waals surface area contributed by atoms with Crippen LogP contribution in [0.25, 0.3) is 0 Å². The molecule has 18 heavy (non-hydrogen) atoms. The lowest BCUT2D eigenvalue weighted by Gasteiger charge is -2.17. The number of nitrogens with two attached hydrogens (primary N) is 1. The summed E-state index contributed by atoms with van der Waals surface area (Å²) < 4.78 is 5.11. The van der Waals surface area contributed by atoms with Gasteiger partial charge in [0, 0.05) is 12.8 Å². The second-order valence-corrected chi connectivity index (χ2v) is 4.78. The normalized spacial score (nSPS) is 19.6. The number of hydrogen-bond donors (Lipinski definition) is 2. The molecule has 0 bridgehead atoms. The predicted molar refractivity (Wildman–Crippen MR) is 71.7 cm³/mol. The van der Waals surface area contributed by atoms with Crippen molar-refractivity contribution in [2.75, 3.05) is 19.0 Å². The lowest BCUT2D eigenvalue weighted by atomic mass is 9.93. The molecule has 2 unspecified atom stereocenters. The molecule has 4 heteroatoms. The second kappa shape index (κ2) is 5.08. The summed E-state index contributed by atoms with van der Waals surface area (Å²) >= 11 is 0. The van der Waals surface area contributed by atoms with Crippen LogP contribution in [0.15, 0.2) is 12.1 Å². The molecule has 1 heterocycles. The zero-order valence-corrected chi connectivity index (χ0v) is 11.1. The van der Waals surface area contributed by atoms with Crippen LogP contribution >= 0.6 is 0 Å². The molecule has 2 atom stereocenters. The van der Waals surface area contributed by atoms with Crippen molar-refractivity contribution < 1.29 is 9.53 Å². The van der Waals surface area contributed by atoms with Crippen molar-refractivity contribution in [1.29, 1.82) is 0 Å². The average molecular weight is 248 g/mol. The topological polar surface area (TPSA) is 64.3 Å². The first kappa shape index (κ1) is 13.1. The number of rotatable bonds is 4. The smallest absolute Gasteiger partial charge is 0.231 e. The van der Waals surface area contributed by atoms with Crippen molar-refractivity contribution in [3.63, 3.8) is 0 Å². The quantitative estimate of drug-likeness (QED) is 0.856. The van der Waals surface area contributed by atoms with Gasteiger partial charge in [-0.05, 0) is 30.0 Å². The molecule has 1 aromatic rings. The zero-order chi connectivity index (χ0) is 13.3. The van der Waals surface area contributed by atoms with Crippen molar-refractivity contribution in [3.05, 3.63) is 28.8 Å². The molecule has 98 valence electrons. The minimum Gasteiger partial charge on any atom is -0.383 e. The summed E-state index contributed by atoms with van der Waals surface area (Å²) in [6.45, 7) is 4.47. The Hall–Kier alpha value is -1.39. The molecule has 0 fully saturated rings. The summed E-state index contributed by atoms with van der Waals surface area (Å²) in [6.07, 6.45) is 0.931. The molecule has 1 aliphatic heterocycles. The summed E-state index contributed by atoms with van der Waals surface area (Å²) in [5, 5.41) is 2.93. The molecule has 4 nitrogen and oxygen atoms in total. The molecule has 0 aromatic heterocycles. The number of hydrogen-bond acceptors (Lipinski definition) is 3. The van der Waals surface area contributed by atoms with Crippen molar-refractivity contribution in [2.24, 2.45) is 5.73 Å². The lowest BCUT2D eigenvalue weighted by Crippen LogP contribution is -2.18. The molecule has 1 aliphatic rings.